The number of carbonyl (C=O) groups is 1. The van der Waals surface area contributed by atoms with Crippen LogP contribution in [-0.4, -0.2) is 53.5 Å². The van der Waals surface area contributed by atoms with Gasteiger partial charge >= 0.3 is 5.97 Å². The number of likely N-dealkylation sites (tertiary alicyclic amines) is 1. The summed E-state index contributed by atoms with van der Waals surface area (Å²) >= 11 is 8.14. The fourth-order valence-electron chi connectivity index (χ4n) is 4.82. The lowest BCUT2D eigenvalue weighted by Gasteiger charge is -2.36. The first-order valence-electron chi connectivity index (χ1n) is 11.9. The Labute approximate surface area is 214 Å². The number of carboxylic acid groups (broad SMARTS) is 1. The van der Waals surface area contributed by atoms with Crippen molar-refractivity contribution < 1.29 is 19.0 Å². The van der Waals surface area contributed by atoms with Crippen LogP contribution < -0.4 is 4.74 Å². The number of methoxy groups -OCH3 is 1. The number of hydrogen-bond acceptors (Lipinski definition) is 5. The van der Waals surface area contributed by atoms with Crippen molar-refractivity contribution in [3.05, 3.63) is 65.3 Å². The zero-order valence-electron chi connectivity index (χ0n) is 19.7. The van der Waals surface area contributed by atoms with Gasteiger partial charge in [-0.1, -0.05) is 29.8 Å². The summed E-state index contributed by atoms with van der Waals surface area (Å²) in [5, 5.41) is 10.8. The number of piperidine rings is 1. The van der Waals surface area contributed by atoms with Crippen LogP contribution in [0, 0.1) is 11.8 Å². The van der Waals surface area contributed by atoms with Crippen molar-refractivity contribution in [2.75, 3.05) is 32.5 Å². The van der Waals surface area contributed by atoms with Crippen LogP contribution in [0.25, 0.3) is 10.9 Å². The quantitative estimate of drug-likeness (QED) is 0.310. The summed E-state index contributed by atoms with van der Waals surface area (Å²) in [5.74, 6) is 0.152. The van der Waals surface area contributed by atoms with Gasteiger partial charge in [0, 0.05) is 40.9 Å². The Morgan fingerprint density at radius 1 is 1.31 bits per heavy atom. The second-order valence-corrected chi connectivity index (χ2v) is 10.5. The summed E-state index contributed by atoms with van der Waals surface area (Å²) in [4.78, 5) is 19.8. The lowest BCUT2D eigenvalue weighted by atomic mass is 9.81. The zero-order chi connectivity index (χ0) is 24.8. The third kappa shape index (κ3) is 6.46. The maximum Gasteiger partial charge on any atom is 0.308 e. The Hall–Kier alpha value is -2.35. The SMILES string of the molecule is COc1ccc2ncc(Cl)c([C@H](F)CCC3CCN(CCSc4ccccc4)CC3C(=O)O)c2c1. The summed E-state index contributed by atoms with van der Waals surface area (Å²) in [6.45, 7) is 2.17. The number of fused-ring (bicyclic) bond motifs is 1. The molecule has 2 unspecified atom stereocenters. The Morgan fingerprint density at radius 2 is 2.11 bits per heavy atom. The van der Waals surface area contributed by atoms with E-state index >= 15 is 4.39 Å². The number of ether oxygens (including phenoxy) is 1. The number of nitrogens with zero attached hydrogens (tertiary/aromatic N) is 2. The van der Waals surface area contributed by atoms with E-state index in [1.165, 1.54) is 11.1 Å². The van der Waals surface area contributed by atoms with Crippen LogP contribution in [0.1, 0.15) is 31.0 Å². The number of halogens is 2. The molecule has 8 heteroatoms. The lowest BCUT2D eigenvalue weighted by Crippen LogP contribution is -2.44. The average molecular weight is 517 g/mol. The molecule has 3 atom stereocenters. The number of aromatic nitrogens is 1. The second-order valence-electron chi connectivity index (χ2n) is 8.90. The maximum atomic E-state index is 15.5. The normalized spacial score (nSPS) is 19.5. The molecule has 1 fully saturated rings. The van der Waals surface area contributed by atoms with E-state index in [0.29, 0.717) is 35.2 Å². The summed E-state index contributed by atoms with van der Waals surface area (Å²) in [7, 11) is 1.56. The maximum absolute atomic E-state index is 15.5. The minimum Gasteiger partial charge on any atom is -0.497 e. The van der Waals surface area contributed by atoms with E-state index in [4.69, 9.17) is 16.3 Å². The van der Waals surface area contributed by atoms with Gasteiger partial charge in [0.15, 0.2) is 0 Å². The molecule has 1 N–H and O–H groups in total. The summed E-state index contributed by atoms with van der Waals surface area (Å²) < 4.78 is 20.8. The molecule has 1 aromatic heterocycles. The summed E-state index contributed by atoms with van der Waals surface area (Å²) in [5.41, 5.74) is 1.05. The van der Waals surface area contributed by atoms with Gasteiger partial charge in [-0.15, -0.1) is 11.8 Å². The van der Waals surface area contributed by atoms with Crippen LogP contribution in [0.3, 0.4) is 0 Å². The molecule has 1 saturated heterocycles. The molecule has 5 nitrogen and oxygen atoms in total. The predicted octanol–water partition coefficient (Wildman–Crippen LogP) is 6.50. The van der Waals surface area contributed by atoms with Crippen molar-refractivity contribution in [1.82, 2.24) is 9.88 Å². The fraction of sp³-hybridized carbons (Fsp3) is 0.407. The standard InChI is InChI=1S/C27H30ClFN2O3S/c1-34-19-8-10-25-21(15-19)26(23(28)16-30-25)24(29)9-7-18-11-12-31(17-22(18)27(32)33)13-14-35-20-5-3-2-4-6-20/h2-6,8,10,15-16,18,22,24H,7,9,11-14,17H2,1H3,(H,32,33)/t18?,22?,24-/m1/s1. The van der Waals surface area contributed by atoms with Crippen molar-refractivity contribution in [1.29, 1.82) is 0 Å². The first-order chi connectivity index (χ1) is 17.0. The van der Waals surface area contributed by atoms with E-state index < -0.39 is 18.1 Å². The van der Waals surface area contributed by atoms with Crippen LogP contribution in [0.15, 0.2) is 59.6 Å². The number of pyridine rings is 1. The number of benzene rings is 2. The summed E-state index contributed by atoms with van der Waals surface area (Å²) in [6.07, 6.45) is 1.63. The van der Waals surface area contributed by atoms with Gasteiger partial charge in [0.2, 0.25) is 0 Å². The molecular weight excluding hydrogens is 487 g/mol. The van der Waals surface area contributed by atoms with E-state index in [0.717, 1.165) is 25.3 Å². The molecule has 1 aliphatic heterocycles. The fourth-order valence-corrected chi connectivity index (χ4v) is 6.03. The number of rotatable bonds is 10. The van der Waals surface area contributed by atoms with Gasteiger partial charge in [-0.3, -0.25) is 9.78 Å². The van der Waals surface area contributed by atoms with Gasteiger partial charge in [-0.05, 0) is 62.1 Å². The molecule has 0 aliphatic carbocycles. The second kappa shape index (κ2) is 12.1. The van der Waals surface area contributed by atoms with Gasteiger partial charge in [0.05, 0.1) is 23.6 Å². The molecule has 0 amide bonds. The third-order valence-corrected chi connectivity index (χ3v) is 8.04. The van der Waals surface area contributed by atoms with E-state index in [2.05, 4.69) is 22.0 Å². The molecule has 1 aliphatic rings. The van der Waals surface area contributed by atoms with Crippen LogP contribution in [0.2, 0.25) is 5.02 Å². The molecule has 2 aromatic carbocycles. The highest BCUT2D eigenvalue weighted by molar-refractivity contribution is 7.99. The smallest absolute Gasteiger partial charge is 0.308 e. The van der Waals surface area contributed by atoms with Crippen LogP contribution >= 0.6 is 23.4 Å². The summed E-state index contributed by atoms with van der Waals surface area (Å²) in [6, 6.07) is 15.5. The van der Waals surface area contributed by atoms with E-state index in [9.17, 15) is 9.90 Å². The van der Waals surface area contributed by atoms with Gasteiger partial charge in [0.25, 0.3) is 0 Å². The van der Waals surface area contributed by atoms with E-state index in [1.807, 2.05) is 18.2 Å². The molecular formula is C27H30ClFN2O3S. The van der Waals surface area contributed by atoms with Crippen molar-refractivity contribution >= 4 is 40.2 Å². The Morgan fingerprint density at radius 3 is 2.86 bits per heavy atom. The minimum absolute atomic E-state index is 0.0646. The number of thioether (sulfide) groups is 1. The van der Waals surface area contributed by atoms with Crippen molar-refractivity contribution in [2.45, 2.75) is 30.3 Å². The first kappa shape index (κ1) is 25.7. The lowest BCUT2D eigenvalue weighted by molar-refractivity contribution is -0.146. The van der Waals surface area contributed by atoms with Crippen molar-refractivity contribution in [3.8, 4) is 5.75 Å². The Kier molecular flexibility index (Phi) is 8.87. The molecule has 0 spiro atoms. The van der Waals surface area contributed by atoms with Gasteiger partial charge in [0.1, 0.15) is 11.9 Å². The predicted molar refractivity (Wildman–Crippen MR) is 139 cm³/mol. The topological polar surface area (TPSA) is 62.7 Å². The largest absolute Gasteiger partial charge is 0.497 e. The third-order valence-electron chi connectivity index (χ3n) is 6.75. The van der Waals surface area contributed by atoms with Crippen molar-refractivity contribution in [3.63, 3.8) is 0 Å². The van der Waals surface area contributed by atoms with Crippen LogP contribution in [0.4, 0.5) is 4.39 Å². The molecule has 186 valence electrons. The molecule has 0 bridgehead atoms. The highest BCUT2D eigenvalue weighted by Gasteiger charge is 2.34. The van der Waals surface area contributed by atoms with Crippen molar-refractivity contribution in [2.24, 2.45) is 11.8 Å². The average Bonchev–Trinajstić information content (AvgIpc) is 2.87. The molecule has 2 heterocycles. The number of hydrogen-bond donors (Lipinski definition) is 1. The molecule has 4 rings (SSSR count). The highest BCUT2D eigenvalue weighted by atomic mass is 35.5. The molecule has 35 heavy (non-hydrogen) atoms. The number of aliphatic carboxylic acids is 1. The van der Waals surface area contributed by atoms with Gasteiger partial charge in [-0.25, -0.2) is 4.39 Å². The number of alkyl halides is 1. The van der Waals surface area contributed by atoms with Crippen LogP contribution in [-0.2, 0) is 4.79 Å². The van der Waals surface area contributed by atoms with E-state index in [1.54, 1.807) is 37.1 Å². The Bertz CT molecular complexity index is 1150. The Balaban J connectivity index is 1.37. The van der Waals surface area contributed by atoms with Gasteiger partial charge in [-0.2, -0.15) is 0 Å². The molecule has 0 radical (unpaired) electrons. The van der Waals surface area contributed by atoms with Crippen LogP contribution in [0.5, 0.6) is 5.75 Å². The minimum atomic E-state index is -1.31. The van der Waals surface area contributed by atoms with E-state index in [-0.39, 0.29) is 17.4 Å². The monoisotopic (exact) mass is 516 g/mol. The van der Waals surface area contributed by atoms with Gasteiger partial charge < -0.3 is 14.7 Å². The first-order valence-corrected chi connectivity index (χ1v) is 13.2. The number of carboxylic acids is 1. The zero-order valence-corrected chi connectivity index (χ0v) is 21.3. The molecule has 0 saturated carbocycles. The molecule has 3 aromatic rings. The highest BCUT2D eigenvalue weighted by Crippen LogP contribution is 2.38.